The van der Waals surface area contributed by atoms with Gasteiger partial charge in [-0.15, -0.1) is 0 Å². The maximum atomic E-state index is 14.2. The first-order valence-electron chi connectivity index (χ1n) is 14.8. The van der Waals surface area contributed by atoms with Crippen LogP contribution in [0.1, 0.15) is 26.3 Å². The van der Waals surface area contributed by atoms with Gasteiger partial charge in [0.25, 0.3) is 0 Å². The Morgan fingerprint density at radius 1 is 0.851 bits per heavy atom. The number of phenols is 2. The molecule has 3 aromatic rings. The highest BCUT2D eigenvalue weighted by atomic mass is 16.7. The summed E-state index contributed by atoms with van der Waals surface area (Å²) in [5.74, 6) is -1.66. The van der Waals surface area contributed by atoms with E-state index in [2.05, 4.69) is 0 Å². The topological polar surface area (TPSA) is 249 Å². The van der Waals surface area contributed by atoms with Crippen molar-refractivity contribution < 1.29 is 69.3 Å². The molecule has 2 aromatic carbocycles. The van der Waals surface area contributed by atoms with Crippen molar-refractivity contribution >= 4 is 11.0 Å². The summed E-state index contributed by atoms with van der Waals surface area (Å²) in [5, 5.41) is 92.5. The lowest BCUT2D eigenvalue weighted by molar-refractivity contribution is -0.277. The van der Waals surface area contributed by atoms with Gasteiger partial charge in [-0.05, 0) is 51.5 Å². The monoisotopic (exact) mass is 662 g/mol. The van der Waals surface area contributed by atoms with Gasteiger partial charge >= 0.3 is 0 Å². The van der Waals surface area contributed by atoms with Crippen molar-refractivity contribution in [3.05, 3.63) is 57.8 Å². The Kier molecular flexibility index (Phi) is 10.1. The van der Waals surface area contributed by atoms with Gasteiger partial charge in [0, 0.05) is 17.2 Å². The first kappa shape index (κ1) is 34.6. The van der Waals surface area contributed by atoms with E-state index < -0.39 is 84.9 Å². The largest absolute Gasteiger partial charge is 0.508 e. The predicted octanol–water partition coefficient (Wildman–Crippen LogP) is -0.235. The molecule has 2 aliphatic heterocycles. The third-order valence-electron chi connectivity index (χ3n) is 8.14. The van der Waals surface area contributed by atoms with Crippen LogP contribution in [0.15, 0.2) is 51.2 Å². The first-order chi connectivity index (χ1) is 22.2. The molecule has 0 spiro atoms. The van der Waals surface area contributed by atoms with E-state index in [9.17, 15) is 50.8 Å². The molecule has 0 unspecified atom stereocenters. The lowest BCUT2D eigenvalue weighted by Crippen LogP contribution is -2.60. The zero-order chi connectivity index (χ0) is 34.3. The smallest absolute Gasteiger partial charge is 0.239 e. The third kappa shape index (κ3) is 6.67. The maximum absolute atomic E-state index is 14.2. The van der Waals surface area contributed by atoms with Crippen LogP contribution < -0.4 is 14.9 Å². The number of fused-ring (bicyclic) bond motifs is 1. The van der Waals surface area contributed by atoms with Crippen LogP contribution in [0.25, 0.3) is 22.3 Å². The highest BCUT2D eigenvalue weighted by Crippen LogP contribution is 2.41. The summed E-state index contributed by atoms with van der Waals surface area (Å²) in [5.41, 5.74) is 0.138. The molecule has 0 saturated carbocycles. The van der Waals surface area contributed by atoms with Gasteiger partial charge in [0.1, 0.15) is 70.9 Å². The van der Waals surface area contributed by atoms with Crippen LogP contribution in [0, 0.1) is 0 Å². The normalized spacial score (nSPS) is 31.0. The zero-order valence-electron chi connectivity index (χ0n) is 25.6. The standard InChI is InChI=1S/C32H38O15/c1-12(2)4-9-16-18(44-32-27(42)25(40)22(37)19(11-33)45-32)10-17(35)20-23(38)30(47-31-26(41)24(39)21(36)13(3)43-31)28(46-29(16)20)14-5-7-15(34)8-6-14/h4-8,10,13,19,21-22,24-27,31-37,39-42H,9,11H2,1-3H3/t13-,19+,21-,22+,24+,25-,26+,27+,31-,32+/m0/s1. The van der Waals surface area contributed by atoms with Gasteiger partial charge in [0.2, 0.25) is 23.8 Å². The van der Waals surface area contributed by atoms with Gasteiger partial charge in [0.05, 0.1) is 12.7 Å². The second kappa shape index (κ2) is 13.8. The number of rotatable bonds is 8. The van der Waals surface area contributed by atoms with Crippen LogP contribution in [0.4, 0.5) is 0 Å². The van der Waals surface area contributed by atoms with Crippen molar-refractivity contribution in [3.8, 4) is 34.3 Å². The van der Waals surface area contributed by atoms with Crippen molar-refractivity contribution in [2.24, 2.45) is 0 Å². The summed E-state index contributed by atoms with van der Waals surface area (Å²) in [6.07, 6.45) is -13.9. The van der Waals surface area contributed by atoms with Crippen LogP contribution in [0.2, 0.25) is 0 Å². The van der Waals surface area contributed by atoms with Gasteiger partial charge in [-0.2, -0.15) is 0 Å². The lowest BCUT2D eigenvalue weighted by Gasteiger charge is -2.39. The van der Waals surface area contributed by atoms with Gasteiger partial charge in [0.15, 0.2) is 5.76 Å². The molecule has 5 rings (SSSR count). The second-order valence-corrected chi connectivity index (χ2v) is 11.8. The van der Waals surface area contributed by atoms with Crippen molar-refractivity contribution in [3.63, 3.8) is 0 Å². The molecule has 15 heteroatoms. The molecular formula is C32H38O15. The Balaban J connectivity index is 1.71. The molecule has 9 N–H and O–H groups in total. The molecule has 2 aliphatic rings. The molecule has 0 amide bonds. The summed E-state index contributed by atoms with van der Waals surface area (Å²) in [6.45, 7) is 4.34. The minimum absolute atomic E-state index is 0.0517. The Bertz CT molecular complexity index is 1660. The number of hydrogen-bond acceptors (Lipinski definition) is 15. The van der Waals surface area contributed by atoms with E-state index in [0.29, 0.717) is 0 Å². The Hall–Kier alpha value is -3.77. The summed E-state index contributed by atoms with van der Waals surface area (Å²) in [7, 11) is 0. The number of hydrogen-bond donors (Lipinski definition) is 9. The van der Waals surface area contributed by atoms with Crippen LogP contribution in [0.5, 0.6) is 23.0 Å². The van der Waals surface area contributed by atoms with Gasteiger partial charge < -0.3 is 69.3 Å². The Morgan fingerprint density at radius 3 is 2.09 bits per heavy atom. The molecule has 47 heavy (non-hydrogen) atoms. The van der Waals surface area contributed by atoms with Gasteiger partial charge in [-0.25, -0.2) is 0 Å². The van der Waals surface area contributed by atoms with Crippen LogP contribution in [-0.2, 0) is 15.9 Å². The predicted molar refractivity (Wildman–Crippen MR) is 162 cm³/mol. The molecule has 1 aromatic heterocycles. The quantitative estimate of drug-likeness (QED) is 0.141. The SMILES string of the molecule is CC(C)=CCc1c(O[C@@H]2O[C@H](CO)[C@@H](O)[C@H](O)[C@H]2O)cc(O)c2c(=O)c(O[C@@H]3O[C@@H](C)[C@H](O)[C@@H](O)[C@H]3O)c(-c3ccc(O)cc3)oc12. The van der Waals surface area contributed by atoms with E-state index in [1.54, 1.807) is 6.08 Å². The van der Waals surface area contributed by atoms with Crippen molar-refractivity contribution in [1.29, 1.82) is 0 Å². The lowest BCUT2D eigenvalue weighted by atomic mass is 9.99. The summed E-state index contributed by atoms with van der Waals surface area (Å²) in [4.78, 5) is 14.2. The number of phenolic OH excluding ortho intramolecular Hbond substituents is 2. The minimum Gasteiger partial charge on any atom is -0.508 e. The maximum Gasteiger partial charge on any atom is 0.239 e. The molecule has 256 valence electrons. The highest BCUT2D eigenvalue weighted by Gasteiger charge is 2.46. The molecule has 10 atom stereocenters. The number of benzene rings is 2. The fourth-order valence-electron chi connectivity index (χ4n) is 5.39. The van der Waals surface area contributed by atoms with E-state index in [1.807, 2.05) is 13.8 Å². The number of aliphatic hydroxyl groups excluding tert-OH is 7. The Labute approximate surface area is 267 Å². The van der Waals surface area contributed by atoms with E-state index in [0.717, 1.165) is 11.6 Å². The number of ether oxygens (including phenoxy) is 4. The second-order valence-electron chi connectivity index (χ2n) is 11.8. The molecule has 0 aliphatic carbocycles. The molecular weight excluding hydrogens is 624 g/mol. The Morgan fingerprint density at radius 2 is 1.47 bits per heavy atom. The van der Waals surface area contributed by atoms with E-state index in [4.69, 9.17) is 23.4 Å². The highest BCUT2D eigenvalue weighted by molar-refractivity contribution is 5.91. The van der Waals surface area contributed by atoms with Crippen LogP contribution in [-0.4, -0.2) is 114 Å². The fourth-order valence-corrected chi connectivity index (χ4v) is 5.39. The molecule has 15 nitrogen and oxygen atoms in total. The van der Waals surface area contributed by atoms with Gasteiger partial charge in [-0.1, -0.05) is 11.6 Å². The molecule has 2 fully saturated rings. The molecule has 0 bridgehead atoms. The van der Waals surface area contributed by atoms with Crippen molar-refractivity contribution in [1.82, 2.24) is 0 Å². The average Bonchev–Trinajstić information content (AvgIpc) is 3.03. The summed E-state index contributed by atoms with van der Waals surface area (Å²) >= 11 is 0. The van der Waals surface area contributed by atoms with Crippen molar-refractivity contribution in [2.75, 3.05) is 6.61 Å². The number of allylic oxidation sites excluding steroid dienone is 2. The third-order valence-corrected chi connectivity index (χ3v) is 8.14. The van der Waals surface area contributed by atoms with Gasteiger partial charge in [-0.3, -0.25) is 4.79 Å². The fraction of sp³-hybridized carbons (Fsp3) is 0.469. The number of aliphatic hydroxyl groups is 7. The van der Waals surface area contributed by atoms with E-state index in [-0.39, 0.29) is 45.8 Å². The van der Waals surface area contributed by atoms with E-state index in [1.165, 1.54) is 31.2 Å². The first-order valence-corrected chi connectivity index (χ1v) is 14.8. The zero-order valence-corrected chi connectivity index (χ0v) is 25.6. The van der Waals surface area contributed by atoms with Crippen molar-refractivity contribution in [2.45, 2.75) is 88.6 Å². The van der Waals surface area contributed by atoms with Crippen LogP contribution in [0.3, 0.4) is 0 Å². The summed E-state index contributed by atoms with van der Waals surface area (Å²) in [6, 6.07) is 6.52. The molecule has 3 heterocycles. The molecule has 2 saturated heterocycles. The van der Waals surface area contributed by atoms with E-state index >= 15 is 0 Å². The number of aromatic hydroxyl groups is 2. The summed E-state index contributed by atoms with van der Waals surface area (Å²) < 4.78 is 29.0. The minimum atomic E-state index is -1.79. The average molecular weight is 663 g/mol. The molecule has 0 radical (unpaired) electrons. The van der Waals surface area contributed by atoms with Crippen LogP contribution >= 0.6 is 0 Å².